The van der Waals surface area contributed by atoms with Gasteiger partial charge in [-0.05, 0) is 52.1 Å². The molecule has 0 aliphatic carbocycles. The molecule has 0 heterocycles. The number of carbonyl (C=O) groups excluding carboxylic acids is 3. The largest absolute Gasteiger partial charge is 0.350 e. The minimum absolute atomic E-state index is 0.146. The molecule has 0 aliphatic heterocycles. The Balaban J connectivity index is 1.88. The molecule has 0 saturated heterocycles. The summed E-state index contributed by atoms with van der Waals surface area (Å²) in [6.45, 7) is 0.247. The molecule has 3 N–H and O–H groups in total. The van der Waals surface area contributed by atoms with Crippen molar-refractivity contribution in [3.05, 3.63) is 70.2 Å². The highest BCUT2D eigenvalue weighted by atomic mass is 79.9. The van der Waals surface area contributed by atoms with E-state index in [1.807, 2.05) is 42.7 Å². The number of benzene rings is 2. The minimum Gasteiger partial charge on any atom is -0.350 e. The number of nitrogens with one attached hydrogen (secondary N) is 3. The first-order valence-corrected chi connectivity index (χ1v) is 11.3. The summed E-state index contributed by atoms with van der Waals surface area (Å²) in [4.78, 5) is 37.1. The van der Waals surface area contributed by atoms with E-state index in [4.69, 9.17) is 0 Å². The fraction of sp³-hybridized carbons (Fsp3) is 0.286. The highest BCUT2D eigenvalue weighted by Crippen LogP contribution is 2.16. The van der Waals surface area contributed by atoms with E-state index in [2.05, 4.69) is 31.9 Å². The second-order valence-electron chi connectivity index (χ2n) is 6.27. The Morgan fingerprint density at radius 3 is 2.38 bits per heavy atom. The van der Waals surface area contributed by atoms with Gasteiger partial charge in [-0.2, -0.15) is 11.8 Å². The first kappa shape index (κ1) is 23.0. The van der Waals surface area contributed by atoms with Crippen molar-refractivity contribution in [2.75, 3.05) is 18.6 Å². The second kappa shape index (κ2) is 12.3. The number of amides is 3. The maximum atomic E-state index is 12.6. The summed E-state index contributed by atoms with van der Waals surface area (Å²) in [6.07, 6.45) is 2.40. The molecule has 0 saturated carbocycles. The number of carbonyl (C=O) groups is 3. The van der Waals surface area contributed by atoms with Gasteiger partial charge in [0.1, 0.15) is 6.04 Å². The van der Waals surface area contributed by atoms with Crippen LogP contribution in [0.15, 0.2) is 59.1 Å². The molecule has 0 bridgehead atoms. The van der Waals surface area contributed by atoms with Gasteiger partial charge in [0.15, 0.2) is 0 Å². The SMILES string of the molecule is CSCCC(NC(=O)c1ccccc1Br)C(=O)NCC(=O)NCc1ccccc1. The van der Waals surface area contributed by atoms with E-state index >= 15 is 0 Å². The molecule has 0 fully saturated rings. The van der Waals surface area contributed by atoms with E-state index in [9.17, 15) is 14.4 Å². The third-order valence-electron chi connectivity index (χ3n) is 4.11. The lowest BCUT2D eigenvalue weighted by Gasteiger charge is -2.18. The predicted octanol–water partition coefficient (Wildman–Crippen LogP) is 2.73. The summed E-state index contributed by atoms with van der Waals surface area (Å²) in [5.41, 5.74) is 1.43. The maximum absolute atomic E-state index is 12.6. The van der Waals surface area contributed by atoms with Gasteiger partial charge in [0.2, 0.25) is 11.8 Å². The van der Waals surface area contributed by atoms with Gasteiger partial charge >= 0.3 is 0 Å². The molecule has 3 amide bonds. The Morgan fingerprint density at radius 2 is 1.69 bits per heavy atom. The molecule has 0 aliphatic rings. The van der Waals surface area contributed by atoms with Crippen molar-refractivity contribution in [1.82, 2.24) is 16.0 Å². The molecule has 2 aromatic rings. The van der Waals surface area contributed by atoms with Crippen LogP contribution in [0, 0.1) is 0 Å². The molecule has 1 atom stereocenters. The standard InChI is InChI=1S/C21H24BrN3O3S/c1-29-12-11-18(25-20(27)16-9-5-6-10-17(16)22)21(28)24-14-19(26)23-13-15-7-3-2-4-8-15/h2-10,18H,11-14H2,1H3,(H,23,26)(H,24,28)(H,25,27). The minimum atomic E-state index is -0.719. The molecule has 6 nitrogen and oxygen atoms in total. The molecule has 154 valence electrons. The lowest BCUT2D eigenvalue weighted by molar-refractivity contribution is -0.127. The predicted molar refractivity (Wildman–Crippen MR) is 120 cm³/mol. The van der Waals surface area contributed by atoms with Gasteiger partial charge in [-0.3, -0.25) is 14.4 Å². The molecular weight excluding hydrogens is 454 g/mol. The van der Waals surface area contributed by atoms with E-state index in [0.29, 0.717) is 28.8 Å². The van der Waals surface area contributed by atoms with Crippen LogP contribution in [-0.4, -0.2) is 42.3 Å². The lowest BCUT2D eigenvalue weighted by atomic mass is 10.1. The molecular formula is C21H24BrN3O3S. The van der Waals surface area contributed by atoms with E-state index in [1.165, 1.54) is 0 Å². The number of hydrogen-bond donors (Lipinski definition) is 3. The van der Waals surface area contributed by atoms with Crippen molar-refractivity contribution in [3.8, 4) is 0 Å². The zero-order chi connectivity index (χ0) is 21.1. The summed E-state index contributed by atoms with van der Waals surface area (Å²) in [5.74, 6) is -0.307. The van der Waals surface area contributed by atoms with Crippen molar-refractivity contribution in [2.45, 2.75) is 19.0 Å². The normalized spacial score (nSPS) is 11.4. The van der Waals surface area contributed by atoms with Crippen LogP contribution in [0.2, 0.25) is 0 Å². The molecule has 0 radical (unpaired) electrons. The summed E-state index contributed by atoms with van der Waals surface area (Å²) in [6, 6.07) is 15.8. The van der Waals surface area contributed by atoms with Gasteiger partial charge in [0.05, 0.1) is 12.1 Å². The molecule has 1 unspecified atom stereocenters. The summed E-state index contributed by atoms with van der Waals surface area (Å²) >= 11 is 4.93. The van der Waals surface area contributed by atoms with Crippen molar-refractivity contribution >= 4 is 45.4 Å². The highest BCUT2D eigenvalue weighted by molar-refractivity contribution is 9.10. The van der Waals surface area contributed by atoms with E-state index in [0.717, 1.165) is 5.56 Å². The third kappa shape index (κ3) is 7.91. The maximum Gasteiger partial charge on any atom is 0.253 e. The van der Waals surface area contributed by atoms with Crippen LogP contribution in [0.4, 0.5) is 0 Å². The zero-order valence-corrected chi connectivity index (χ0v) is 18.5. The van der Waals surface area contributed by atoms with Crippen LogP contribution in [0.25, 0.3) is 0 Å². The zero-order valence-electron chi connectivity index (χ0n) is 16.1. The Morgan fingerprint density at radius 1 is 1.00 bits per heavy atom. The summed E-state index contributed by atoms with van der Waals surface area (Å²) < 4.78 is 0.654. The fourth-order valence-electron chi connectivity index (χ4n) is 2.54. The van der Waals surface area contributed by atoms with Crippen LogP contribution >= 0.6 is 27.7 Å². The summed E-state index contributed by atoms with van der Waals surface area (Å²) in [7, 11) is 0. The Hall–Kier alpha value is -2.32. The van der Waals surface area contributed by atoms with Gasteiger partial charge < -0.3 is 16.0 Å². The molecule has 2 rings (SSSR count). The molecule has 29 heavy (non-hydrogen) atoms. The first-order valence-electron chi connectivity index (χ1n) is 9.14. The van der Waals surface area contributed by atoms with E-state index in [-0.39, 0.29) is 24.3 Å². The molecule has 0 spiro atoms. The van der Waals surface area contributed by atoms with Crippen LogP contribution < -0.4 is 16.0 Å². The van der Waals surface area contributed by atoms with E-state index in [1.54, 1.807) is 30.0 Å². The fourth-order valence-corrected chi connectivity index (χ4v) is 3.47. The highest BCUT2D eigenvalue weighted by Gasteiger charge is 2.22. The van der Waals surface area contributed by atoms with Crippen LogP contribution in [0.1, 0.15) is 22.3 Å². The first-order chi connectivity index (χ1) is 14.0. The van der Waals surface area contributed by atoms with Crippen LogP contribution in [0.5, 0.6) is 0 Å². The molecule has 8 heteroatoms. The molecule has 2 aromatic carbocycles. The van der Waals surface area contributed by atoms with Gasteiger partial charge in [-0.15, -0.1) is 0 Å². The van der Waals surface area contributed by atoms with Crippen molar-refractivity contribution in [3.63, 3.8) is 0 Å². The number of rotatable bonds is 10. The van der Waals surface area contributed by atoms with Crippen molar-refractivity contribution in [2.24, 2.45) is 0 Å². The van der Waals surface area contributed by atoms with Crippen LogP contribution in [0.3, 0.4) is 0 Å². The van der Waals surface area contributed by atoms with E-state index < -0.39 is 6.04 Å². The topological polar surface area (TPSA) is 87.3 Å². The molecule has 0 aromatic heterocycles. The van der Waals surface area contributed by atoms with Gasteiger partial charge in [0, 0.05) is 11.0 Å². The second-order valence-corrected chi connectivity index (χ2v) is 8.11. The summed E-state index contributed by atoms with van der Waals surface area (Å²) in [5, 5.41) is 8.14. The van der Waals surface area contributed by atoms with Gasteiger partial charge in [-0.25, -0.2) is 0 Å². The number of halogens is 1. The van der Waals surface area contributed by atoms with Gasteiger partial charge in [-0.1, -0.05) is 42.5 Å². The van der Waals surface area contributed by atoms with Crippen molar-refractivity contribution < 1.29 is 14.4 Å². The smallest absolute Gasteiger partial charge is 0.253 e. The quantitative estimate of drug-likeness (QED) is 0.490. The Kier molecular flexibility index (Phi) is 9.73. The number of thioether (sulfide) groups is 1. The van der Waals surface area contributed by atoms with Crippen LogP contribution in [-0.2, 0) is 16.1 Å². The monoisotopic (exact) mass is 477 g/mol. The van der Waals surface area contributed by atoms with Crippen molar-refractivity contribution in [1.29, 1.82) is 0 Å². The third-order valence-corrected chi connectivity index (χ3v) is 5.44. The average Bonchev–Trinajstić information content (AvgIpc) is 2.74. The average molecular weight is 478 g/mol. The Bertz CT molecular complexity index is 833. The lowest BCUT2D eigenvalue weighted by Crippen LogP contribution is -2.49. The number of hydrogen-bond acceptors (Lipinski definition) is 4. The Labute approximate surface area is 183 Å². The van der Waals surface area contributed by atoms with Gasteiger partial charge in [0.25, 0.3) is 5.91 Å².